The maximum Gasteiger partial charge on any atom is 0.307 e. The first-order chi connectivity index (χ1) is 15.1. The summed E-state index contributed by atoms with van der Waals surface area (Å²) in [5.41, 5.74) is 10.5. The number of para-hydroxylation sites is 3. The smallest absolute Gasteiger partial charge is 0.263 e. The Bertz CT molecular complexity index is 1420. The van der Waals surface area contributed by atoms with Gasteiger partial charge in [0.25, 0.3) is 0 Å². The highest BCUT2D eigenvalue weighted by Crippen LogP contribution is 2.21. The molecule has 1 amide bonds. The van der Waals surface area contributed by atoms with Crippen LogP contribution < -0.4 is 10.1 Å². The molecule has 0 aliphatic carbocycles. The number of benzene rings is 3. The molecule has 31 heavy (non-hydrogen) atoms. The molecule has 0 fully saturated rings. The fourth-order valence-electron chi connectivity index (χ4n) is 3.86. The van der Waals surface area contributed by atoms with Crippen LogP contribution in [0.25, 0.3) is 33.2 Å². The minimum atomic E-state index is -0.223. The molecule has 5 aromatic rings. The third kappa shape index (κ3) is 3.51. The average molecular weight is 405 g/mol. The molecule has 2 heterocycles. The number of nitrogens with one attached hydrogen (secondary N) is 1. The standard InChI is InChI=1S/C26H20N4O/c1-17-15-20(19-9-4-3-5-10-19)16-18(2)30(17)29-26(31)21-11-8-14-24-25(21)28-23-13-7-6-12-22(23)27-24/h3-16H,1-2H3/p+1. The lowest BCUT2D eigenvalue weighted by molar-refractivity contribution is -0.654. The lowest BCUT2D eigenvalue weighted by Crippen LogP contribution is -2.53. The lowest BCUT2D eigenvalue weighted by atomic mass is 10.1. The minimum Gasteiger partial charge on any atom is -0.263 e. The van der Waals surface area contributed by atoms with E-state index in [0.717, 1.165) is 33.5 Å². The van der Waals surface area contributed by atoms with E-state index in [1.54, 1.807) is 6.07 Å². The van der Waals surface area contributed by atoms with Gasteiger partial charge >= 0.3 is 5.91 Å². The van der Waals surface area contributed by atoms with Crippen LogP contribution in [0.5, 0.6) is 0 Å². The van der Waals surface area contributed by atoms with Crippen molar-refractivity contribution in [3.05, 3.63) is 102 Å². The number of carbonyl (C=O) groups excluding carboxylic acids is 1. The first-order valence-electron chi connectivity index (χ1n) is 10.2. The van der Waals surface area contributed by atoms with Crippen molar-refractivity contribution in [1.82, 2.24) is 9.97 Å². The Balaban J connectivity index is 1.53. The minimum absolute atomic E-state index is 0.223. The van der Waals surface area contributed by atoms with Gasteiger partial charge in [-0.15, -0.1) is 5.43 Å². The van der Waals surface area contributed by atoms with Crippen molar-refractivity contribution in [3.63, 3.8) is 0 Å². The third-order valence-electron chi connectivity index (χ3n) is 5.37. The van der Waals surface area contributed by atoms with E-state index in [0.29, 0.717) is 16.6 Å². The van der Waals surface area contributed by atoms with Crippen LogP contribution in [-0.2, 0) is 0 Å². The lowest BCUT2D eigenvalue weighted by Gasteiger charge is -2.09. The van der Waals surface area contributed by atoms with Crippen LogP contribution in [-0.4, -0.2) is 15.9 Å². The van der Waals surface area contributed by atoms with Gasteiger partial charge in [0.15, 0.2) is 0 Å². The Morgan fingerprint density at radius 3 is 2.03 bits per heavy atom. The molecule has 0 aliphatic heterocycles. The van der Waals surface area contributed by atoms with Gasteiger partial charge in [0, 0.05) is 26.0 Å². The van der Waals surface area contributed by atoms with E-state index >= 15 is 0 Å². The van der Waals surface area contributed by atoms with Gasteiger partial charge in [-0.05, 0) is 35.4 Å². The molecule has 0 saturated heterocycles. The van der Waals surface area contributed by atoms with E-state index in [4.69, 9.17) is 4.98 Å². The Hall–Kier alpha value is -4.12. The van der Waals surface area contributed by atoms with E-state index in [-0.39, 0.29) is 5.91 Å². The quantitative estimate of drug-likeness (QED) is 0.348. The summed E-state index contributed by atoms with van der Waals surface area (Å²) in [4.78, 5) is 22.6. The normalized spacial score (nSPS) is 11.0. The molecule has 0 bridgehead atoms. The molecule has 3 aromatic carbocycles. The Morgan fingerprint density at radius 1 is 0.710 bits per heavy atom. The van der Waals surface area contributed by atoms with Gasteiger partial charge in [0.1, 0.15) is 5.52 Å². The van der Waals surface area contributed by atoms with Gasteiger partial charge in [-0.3, -0.25) is 4.79 Å². The summed E-state index contributed by atoms with van der Waals surface area (Å²) in [7, 11) is 0. The second-order valence-corrected chi connectivity index (χ2v) is 7.55. The molecule has 0 radical (unpaired) electrons. The summed E-state index contributed by atoms with van der Waals surface area (Å²) < 4.78 is 1.81. The maximum atomic E-state index is 13.2. The molecule has 1 N–H and O–H groups in total. The number of hydrogen-bond acceptors (Lipinski definition) is 3. The number of carbonyl (C=O) groups is 1. The monoisotopic (exact) mass is 405 g/mol. The fourth-order valence-corrected chi connectivity index (χ4v) is 3.86. The molecule has 0 spiro atoms. The second-order valence-electron chi connectivity index (χ2n) is 7.55. The van der Waals surface area contributed by atoms with Crippen molar-refractivity contribution in [1.29, 1.82) is 0 Å². The topological polar surface area (TPSA) is 58.8 Å². The SMILES string of the molecule is Cc1cc(-c2ccccc2)cc(C)[n+]1NC(=O)c1cccc2nc3ccccc3nc12. The van der Waals surface area contributed by atoms with Crippen LogP contribution in [0.2, 0.25) is 0 Å². The molecule has 0 aliphatic rings. The molecule has 2 aromatic heterocycles. The summed E-state index contributed by atoms with van der Waals surface area (Å²) in [6.07, 6.45) is 0. The van der Waals surface area contributed by atoms with Gasteiger partial charge in [-0.2, -0.15) is 0 Å². The van der Waals surface area contributed by atoms with Crippen LogP contribution in [0.1, 0.15) is 21.7 Å². The molecule has 0 unspecified atom stereocenters. The van der Waals surface area contributed by atoms with Crippen LogP contribution in [0, 0.1) is 13.8 Å². The van der Waals surface area contributed by atoms with Crippen molar-refractivity contribution >= 4 is 28.0 Å². The molecule has 5 heteroatoms. The molecular weight excluding hydrogens is 384 g/mol. The van der Waals surface area contributed by atoms with Gasteiger partial charge in [0.2, 0.25) is 11.4 Å². The van der Waals surface area contributed by atoms with Crippen LogP contribution in [0.3, 0.4) is 0 Å². The molecule has 0 atom stereocenters. The Kier molecular flexibility index (Phi) is 4.64. The summed E-state index contributed by atoms with van der Waals surface area (Å²) in [6, 6.07) is 27.5. The second kappa shape index (κ2) is 7.61. The third-order valence-corrected chi connectivity index (χ3v) is 5.37. The number of pyridine rings is 1. The Morgan fingerprint density at radius 2 is 1.32 bits per heavy atom. The first kappa shape index (κ1) is 18.9. The van der Waals surface area contributed by atoms with Crippen LogP contribution in [0.15, 0.2) is 84.9 Å². The molecule has 150 valence electrons. The predicted octanol–water partition coefficient (Wildman–Crippen LogP) is 4.74. The van der Waals surface area contributed by atoms with E-state index in [2.05, 4.69) is 34.7 Å². The van der Waals surface area contributed by atoms with E-state index < -0.39 is 0 Å². The number of rotatable bonds is 3. The molecule has 5 nitrogen and oxygen atoms in total. The summed E-state index contributed by atoms with van der Waals surface area (Å²) in [6.45, 7) is 3.96. The van der Waals surface area contributed by atoms with Crippen molar-refractivity contribution in [2.45, 2.75) is 13.8 Å². The van der Waals surface area contributed by atoms with Gasteiger partial charge < -0.3 is 0 Å². The maximum absolute atomic E-state index is 13.2. The van der Waals surface area contributed by atoms with Crippen molar-refractivity contribution in [3.8, 4) is 11.1 Å². The largest absolute Gasteiger partial charge is 0.307 e. The summed E-state index contributed by atoms with van der Waals surface area (Å²) >= 11 is 0. The van der Waals surface area contributed by atoms with Crippen molar-refractivity contribution < 1.29 is 9.47 Å². The summed E-state index contributed by atoms with van der Waals surface area (Å²) in [5, 5.41) is 0. The predicted molar refractivity (Wildman–Crippen MR) is 122 cm³/mol. The number of aryl methyl sites for hydroxylation is 2. The van der Waals surface area contributed by atoms with Gasteiger partial charge in [-0.1, -0.05) is 53.2 Å². The Labute approximate surface area is 180 Å². The fraction of sp³-hybridized carbons (Fsp3) is 0.0769. The zero-order chi connectivity index (χ0) is 21.4. The highest BCUT2D eigenvalue weighted by molar-refractivity contribution is 6.08. The number of aromatic nitrogens is 3. The molecular formula is C26H21N4O+. The number of hydrogen-bond donors (Lipinski definition) is 1. The van der Waals surface area contributed by atoms with Crippen LogP contribution >= 0.6 is 0 Å². The van der Waals surface area contributed by atoms with Crippen molar-refractivity contribution in [2.24, 2.45) is 0 Å². The van der Waals surface area contributed by atoms with E-state index in [9.17, 15) is 4.79 Å². The number of amides is 1. The molecule has 0 saturated carbocycles. The number of fused-ring (bicyclic) bond motifs is 2. The summed E-state index contributed by atoms with van der Waals surface area (Å²) in [5.74, 6) is -0.223. The van der Waals surface area contributed by atoms with Crippen molar-refractivity contribution in [2.75, 3.05) is 5.43 Å². The highest BCUT2D eigenvalue weighted by Gasteiger charge is 2.20. The van der Waals surface area contributed by atoms with Gasteiger partial charge in [0.05, 0.1) is 22.1 Å². The first-order valence-corrected chi connectivity index (χ1v) is 10.2. The zero-order valence-corrected chi connectivity index (χ0v) is 17.3. The molecule has 5 rings (SSSR count). The van der Waals surface area contributed by atoms with Gasteiger partial charge in [-0.25, -0.2) is 9.97 Å². The number of nitrogens with zero attached hydrogens (tertiary/aromatic N) is 3. The zero-order valence-electron chi connectivity index (χ0n) is 17.3. The van der Waals surface area contributed by atoms with E-state index in [1.165, 1.54) is 0 Å². The van der Waals surface area contributed by atoms with Crippen LogP contribution in [0.4, 0.5) is 0 Å². The average Bonchev–Trinajstić information content (AvgIpc) is 2.80. The van der Waals surface area contributed by atoms with E-state index in [1.807, 2.05) is 73.1 Å². The highest BCUT2D eigenvalue weighted by atomic mass is 16.2.